The van der Waals surface area contributed by atoms with Gasteiger partial charge in [0.15, 0.2) is 0 Å². The summed E-state index contributed by atoms with van der Waals surface area (Å²) >= 11 is 0. The summed E-state index contributed by atoms with van der Waals surface area (Å²) in [6.45, 7) is -0.840. The average Bonchev–Trinajstić information content (AvgIpc) is 1.81. The van der Waals surface area contributed by atoms with E-state index in [1.165, 1.54) is 0 Å². The number of hydrogen-bond acceptors (Lipinski definition) is 3. The quantitative estimate of drug-likeness (QED) is 0.313. The van der Waals surface area contributed by atoms with E-state index in [1.807, 2.05) is 0 Å². The van der Waals surface area contributed by atoms with Crippen LogP contribution in [-0.4, -0.2) is 39.3 Å². The normalized spacial score (nSPS) is 15.2. The zero-order valence-electron chi connectivity index (χ0n) is 5.14. The maximum absolute atomic E-state index is 10.0. The van der Waals surface area contributed by atoms with Crippen molar-refractivity contribution in [2.75, 3.05) is 13.2 Å². The van der Waals surface area contributed by atoms with Crippen molar-refractivity contribution in [2.24, 2.45) is 0 Å². The van der Waals surface area contributed by atoms with Crippen LogP contribution in [-0.2, 0) is 4.57 Å². The molecular formula is C3H10NO5P. The smallest absolute Gasteiger partial charge is 0.394 e. The minimum atomic E-state index is -4.25. The molecule has 0 radical (unpaired) electrons. The molecule has 0 aromatic heterocycles. The number of aliphatic hydroxyl groups excluding tert-OH is 2. The lowest BCUT2D eigenvalue weighted by Gasteiger charge is -2.08. The van der Waals surface area contributed by atoms with Gasteiger partial charge in [-0.3, -0.25) is 0 Å². The zero-order valence-corrected chi connectivity index (χ0v) is 6.03. The van der Waals surface area contributed by atoms with Crippen LogP contribution in [0, 0.1) is 0 Å². The standard InChI is InChI=1S/C3H10NO5P/c5-2-3(6)1-4-10(7,8)9/h3,5-6H,1-2H2,(H3,4,7,8,9)/t3-/m0/s1. The van der Waals surface area contributed by atoms with Crippen LogP contribution in [0.15, 0.2) is 0 Å². The summed E-state index contributed by atoms with van der Waals surface area (Å²) in [6.07, 6.45) is -1.13. The van der Waals surface area contributed by atoms with Gasteiger partial charge in [-0.25, -0.2) is 9.65 Å². The lowest BCUT2D eigenvalue weighted by atomic mass is 10.4. The molecule has 0 unspecified atom stereocenters. The Morgan fingerprint density at radius 3 is 2.30 bits per heavy atom. The Morgan fingerprint density at radius 2 is 2.00 bits per heavy atom. The highest BCUT2D eigenvalue weighted by Crippen LogP contribution is 2.27. The number of aliphatic hydroxyl groups is 2. The van der Waals surface area contributed by atoms with E-state index >= 15 is 0 Å². The molecule has 0 rings (SSSR count). The summed E-state index contributed by atoms with van der Waals surface area (Å²) in [5.74, 6) is 0. The molecule has 0 saturated heterocycles. The van der Waals surface area contributed by atoms with E-state index < -0.39 is 20.5 Å². The Balaban J connectivity index is 3.46. The van der Waals surface area contributed by atoms with Crippen molar-refractivity contribution in [2.45, 2.75) is 6.10 Å². The van der Waals surface area contributed by atoms with E-state index in [2.05, 4.69) is 0 Å². The first-order valence-corrected chi connectivity index (χ1v) is 4.16. The zero-order chi connectivity index (χ0) is 8.20. The lowest BCUT2D eigenvalue weighted by molar-refractivity contribution is 0.0971. The molecule has 0 aliphatic carbocycles. The fourth-order valence-corrected chi connectivity index (χ4v) is 0.737. The van der Waals surface area contributed by atoms with Crippen LogP contribution in [0.2, 0.25) is 0 Å². The predicted octanol–water partition coefficient (Wildman–Crippen LogP) is -1.98. The molecule has 1 atom stereocenters. The van der Waals surface area contributed by atoms with Crippen molar-refractivity contribution >= 4 is 7.75 Å². The fourth-order valence-electron chi connectivity index (χ4n) is 0.289. The van der Waals surface area contributed by atoms with Crippen molar-refractivity contribution in [3.05, 3.63) is 0 Å². The van der Waals surface area contributed by atoms with Crippen LogP contribution in [0.25, 0.3) is 0 Å². The van der Waals surface area contributed by atoms with Crippen molar-refractivity contribution in [3.8, 4) is 0 Å². The Hall–Kier alpha value is 0.0300. The highest BCUT2D eigenvalue weighted by molar-refractivity contribution is 7.49. The maximum Gasteiger partial charge on any atom is 0.400 e. The second kappa shape index (κ2) is 4.02. The first-order valence-electron chi connectivity index (χ1n) is 2.55. The van der Waals surface area contributed by atoms with Gasteiger partial charge in [0.05, 0.1) is 12.7 Å². The molecule has 0 aromatic carbocycles. The molecule has 0 spiro atoms. The highest BCUT2D eigenvalue weighted by Gasteiger charge is 2.13. The molecule has 0 saturated carbocycles. The van der Waals surface area contributed by atoms with Gasteiger partial charge in [0, 0.05) is 6.54 Å². The van der Waals surface area contributed by atoms with E-state index in [1.54, 1.807) is 5.09 Å². The Kier molecular flexibility index (Phi) is 4.04. The molecule has 0 bridgehead atoms. The molecule has 0 amide bonds. The van der Waals surface area contributed by atoms with Gasteiger partial charge in [0.1, 0.15) is 0 Å². The third-order valence-electron chi connectivity index (χ3n) is 0.744. The van der Waals surface area contributed by atoms with E-state index in [-0.39, 0.29) is 6.54 Å². The van der Waals surface area contributed by atoms with Crippen molar-refractivity contribution in [1.29, 1.82) is 0 Å². The monoisotopic (exact) mass is 171 g/mol. The van der Waals surface area contributed by atoms with Crippen LogP contribution in [0.1, 0.15) is 0 Å². The Bertz CT molecular complexity index is 133. The summed E-state index contributed by atoms with van der Waals surface area (Å²) in [6, 6.07) is 0. The van der Waals surface area contributed by atoms with Gasteiger partial charge < -0.3 is 20.0 Å². The molecule has 7 heteroatoms. The predicted molar refractivity (Wildman–Crippen MR) is 33.1 cm³/mol. The summed E-state index contributed by atoms with van der Waals surface area (Å²) in [7, 11) is -4.25. The van der Waals surface area contributed by atoms with Crippen LogP contribution < -0.4 is 5.09 Å². The third kappa shape index (κ3) is 6.15. The molecule has 5 N–H and O–H groups in total. The minimum absolute atomic E-state index is 0.319. The van der Waals surface area contributed by atoms with Gasteiger partial charge in [0.25, 0.3) is 0 Å². The second-order valence-electron chi connectivity index (χ2n) is 1.74. The molecular weight excluding hydrogens is 161 g/mol. The van der Waals surface area contributed by atoms with Crippen molar-refractivity contribution < 1.29 is 24.6 Å². The van der Waals surface area contributed by atoms with E-state index in [4.69, 9.17) is 20.0 Å². The molecule has 10 heavy (non-hydrogen) atoms. The molecule has 6 nitrogen and oxygen atoms in total. The van der Waals surface area contributed by atoms with Crippen molar-refractivity contribution in [3.63, 3.8) is 0 Å². The van der Waals surface area contributed by atoms with Gasteiger partial charge in [-0.15, -0.1) is 0 Å². The topological polar surface area (TPSA) is 110 Å². The van der Waals surface area contributed by atoms with Crippen LogP contribution in [0.4, 0.5) is 0 Å². The number of rotatable bonds is 4. The fraction of sp³-hybridized carbons (Fsp3) is 1.00. The first-order chi connectivity index (χ1) is 4.45. The Labute approximate surface area is 57.7 Å². The number of hydrogen-bond donors (Lipinski definition) is 5. The third-order valence-corrected chi connectivity index (χ3v) is 1.34. The molecule has 0 aromatic rings. The van der Waals surface area contributed by atoms with Gasteiger partial charge in [-0.1, -0.05) is 0 Å². The summed E-state index contributed by atoms with van der Waals surface area (Å²) in [5.41, 5.74) is 0. The second-order valence-corrected chi connectivity index (χ2v) is 3.15. The molecule has 0 aliphatic rings. The highest BCUT2D eigenvalue weighted by atomic mass is 31.2. The molecule has 0 aliphatic heterocycles. The summed E-state index contributed by atoms with van der Waals surface area (Å²) < 4.78 is 10.0. The van der Waals surface area contributed by atoms with E-state index in [9.17, 15) is 4.57 Å². The SMILES string of the molecule is O=P(O)(O)NC[C@H](O)CO. The van der Waals surface area contributed by atoms with Gasteiger partial charge in [-0.05, 0) is 0 Å². The van der Waals surface area contributed by atoms with Crippen molar-refractivity contribution in [1.82, 2.24) is 5.09 Å². The largest absolute Gasteiger partial charge is 0.400 e. The Morgan fingerprint density at radius 1 is 1.50 bits per heavy atom. The van der Waals surface area contributed by atoms with Crippen LogP contribution in [0.3, 0.4) is 0 Å². The summed E-state index contributed by atoms with van der Waals surface area (Å²) in [5, 5.41) is 18.5. The minimum Gasteiger partial charge on any atom is -0.394 e. The van der Waals surface area contributed by atoms with Gasteiger partial charge >= 0.3 is 7.75 Å². The van der Waals surface area contributed by atoms with Gasteiger partial charge in [-0.2, -0.15) is 0 Å². The lowest BCUT2D eigenvalue weighted by Crippen LogP contribution is -2.27. The first kappa shape index (κ1) is 10.0. The summed E-state index contributed by atoms with van der Waals surface area (Å²) in [4.78, 5) is 16.3. The maximum atomic E-state index is 10.0. The van der Waals surface area contributed by atoms with E-state index in [0.717, 1.165) is 0 Å². The van der Waals surface area contributed by atoms with Crippen LogP contribution >= 0.6 is 7.75 Å². The number of nitrogens with one attached hydrogen (secondary N) is 1. The molecule has 0 fully saturated rings. The van der Waals surface area contributed by atoms with Gasteiger partial charge in [0.2, 0.25) is 0 Å². The molecule has 0 heterocycles. The molecule has 62 valence electrons. The van der Waals surface area contributed by atoms with Crippen LogP contribution in [0.5, 0.6) is 0 Å². The average molecular weight is 171 g/mol. The van der Waals surface area contributed by atoms with E-state index in [0.29, 0.717) is 0 Å².